The number of non-ortho nitro benzene ring substituents is 1. The molecule has 0 bridgehead atoms. The van der Waals surface area contributed by atoms with Crippen LogP contribution >= 0.6 is 0 Å². The monoisotopic (exact) mass is 433 g/mol. The summed E-state index contributed by atoms with van der Waals surface area (Å²) in [5.41, 5.74) is -0.0266. The smallest absolute Gasteiger partial charge is 0.269 e. The molecule has 8 nitrogen and oxygen atoms in total. The number of benzene rings is 2. The van der Waals surface area contributed by atoms with Crippen molar-refractivity contribution in [2.24, 2.45) is 0 Å². The van der Waals surface area contributed by atoms with E-state index >= 15 is 0 Å². The van der Waals surface area contributed by atoms with Crippen molar-refractivity contribution in [1.82, 2.24) is 9.62 Å². The molecule has 0 amide bonds. The van der Waals surface area contributed by atoms with Gasteiger partial charge in [0.2, 0.25) is 0 Å². The van der Waals surface area contributed by atoms with Gasteiger partial charge in [0, 0.05) is 49.6 Å². The summed E-state index contributed by atoms with van der Waals surface area (Å²) in [4.78, 5) is 13.2. The molecule has 1 N–H and O–H groups in total. The fraction of sp³-hybridized carbons (Fsp3) is 0.381. The fourth-order valence-corrected chi connectivity index (χ4v) is 4.94. The molecule has 0 aromatic heterocycles. The van der Waals surface area contributed by atoms with E-state index in [1.807, 2.05) is 30.3 Å². The molecule has 30 heavy (non-hydrogen) atoms. The highest BCUT2D eigenvalue weighted by molar-refractivity contribution is 7.99. The Morgan fingerprint density at radius 3 is 2.50 bits per heavy atom. The van der Waals surface area contributed by atoms with Crippen LogP contribution < -0.4 is 9.46 Å². The Hall–Kier alpha value is -2.46. The molecule has 1 unspecified atom stereocenters. The van der Waals surface area contributed by atoms with E-state index in [1.54, 1.807) is 17.5 Å². The maximum absolute atomic E-state index is 13.7. The Bertz CT molecular complexity index is 921. The number of hydrogen-bond donors (Lipinski definition) is 1. The number of rotatable bonds is 10. The third-order valence-electron chi connectivity index (χ3n) is 4.73. The molecule has 1 fully saturated rings. The van der Waals surface area contributed by atoms with Crippen molar-refractivity contribution in [3.63, 3.8) is 0 Å². The van der Waals surface area contributed by atoms with Crippen LogP contribution in [0.15, 0.2) is 59.5 Å². The van der Waals surface area contributed by atoms with Crippen LogP contribution in [0.2, 0.25) is 0 Å². The lowest BCUT2D eigenvalue weighted by Crippen LogP contribution is -2.41. The minimum Gasteiger partial charge on any atom is -0.493 e. The van der Waals surface area contributed by atoms with Crippen LogP contribution in [0.4, 0.5) is 5.69 Å². The first-order valence-corrected chi connectivity index (χ1v) is 11.5. The van der Waals surface area contributed by atoms with E-state index in [0.717, 1.165) is 25.4 Å². The maximum atomic E-state index is 13.7. The number of hydrogen-bond acceptors (Lipinski definition) is 6. The number of nitro benzene ring substituents is 1. The van der Waals surface area contributed by atoms with Crippen LogP contribution in [0.25, 0.3) is 0 Å². The zero-order valence-electron chi connectivity index (χ0n) is 16.8. The van der Waals surface area contributed by atoms with E-state index in [2.05, 4.69) is 9.62 Å². The molecular formula is C21H27N3O5S. The second kappa shape index (κ2) is 11.1. The largest absolute Gasteiger partial charge is 0.493 e. The molecular weight excluding hydrogens is 406 g/mol. The van der Waals surface area contributed by atoms with Crippen molar-refractivity contribution < 1.29 is 18.6 Å². The first kappa shape index (κ1) is 22.2. The van der Waals surface area contributed by atoms with Crippen LogP contribution in [0.1, 0.15) is 6.42 Å². The first-order chi connectivity index (χ1) is 14.6. The van der Waals surface area contributed by atoms with E-state index in [-0.39, 0.29) is 5.69 Å². The van der Waals surface area contributed by atoms with Gasteiger partial charge in [-0.3, -0.25) is 15.0 Å². The lowest BCUT2D eigenvalue weighted by atomic mass is 10.3. The maximum Gasteiger partial charge on any atom is 0.269 e. The lowest BCUT2D eigenvalue weighted by molar-refractivity contribution is -0.384. The van der Waals surface area contributed by atoms with Gasteiger partial charge in [0.15, 0.2) is 0 Å². The van der Waals surface area contributed by atoms with Crippen molar-refractivity contribution in [3.05, 3.63) is 64.7 Å². The molecule has 9 heteroatoms. The summed E-state index contributed by atoms with van der Waals surface area (Å²) >= 11 is 0. The molecule has 0 radical (unpaired) electrons. The van der Waals surface area contributed by atoms with Gasteiger partial charge in [-0.2, -0.15) is 0 Å². The highest BCUT2D eigenvalue weighted by Gasteiger charge is 2.15. The molecule has 0 saturated carbocycles. The SMILES string of the molecule is O=[N+]([O-])c1ccc(S(=O)(=CCCOc2ccccc2)NCCN2CCOCC2)cc1. The molecule has 1 saturated heterocycles. The molecule has 0 spiro atoms. The third kappa shape index (κ3) is 6.53. The fourth-order valence-electron chi connectivity index (χ4n) is 3.10. The normalized spacial score (nSPS) is 16.5. The summed E-state index contributed by atoms with van der Waals surface area (Å²) in [7, 11) is -2.70. The topological polar surface area (TPSA) is 93.9 Å². The molecule has 0 aliphatic carbocycles. The van der Waals surface area contributed by atoms with Crippen molar-refractivity contribution in [1.29, 1.82) is 0 Å². The lowest BCUT2D eigenvalue weighted by Gasteiger charge is -2.27. The Balaban J connectivity index is 1.67. The van der Waals surface area contributed by atoms with E-state index in [9.17, 15) is 14.3 Å². The second-order valence-electron chi connectivity index (χ2n) is 6.82. The van der Waals surface area contributed by atoms with Crippen molar-refractivity contribution in [2.45, 2.75) is 11.3 Å². The van der Waals surface area contributed by atoms with E-state index in [0.29, 0.717) is 37.7 Å². The average molecular weight is 434 g/mol. The predicted octanol–water partition coefficient (Wildman–Crippen LogP) is 2.35. The van der Waals surface area contributed by atoms with Crippen molar-refractivity contribution in [3.8, 4) is 5.75 Å². The molecule has 162 valence electrons. The molecule has 3 rings (SSSR count). The summed E-state index contributed by atoms with van der Waals surface area (Å²) < 4.78 is 27.9. The second-order valence-corrected chi connectivity index (χ2v) is 9.11. The molecule has 1 atom stereocenters. The highest BCUT2D eigenvalue weighted by Crippen LogP contribution is 2.16. The van der Waals surface area contributed by atoms with E-state index < -0.39 is 14.6 Å². The summed E-state index contributed by atoms with van der Waals surface area (Å²) in [6.07, 6.45) is 0.468. The molecule has 2 aromatic carbocycles. The average Bonchev–Trinajstić information content (AvgIpc) is 2.78. The third-order valence-corrected chi connectivity index (χ3v) is 7.04. The van der Waals surface area contributed by atoms with Gasteiger partial charge in [-0.15, -0.1) is 0 Å². The van der Waals surface area contributed by atoms with Crippen LogP contribution in [0.5, 0.6) is 5.75 Å². The summed E-state index contributed by atoms with van der Waals surface area (Å²) in [6, 6.07) is 15.3. The number of morpholine rings is 1. The summed E-state index contributed by atoms with van der Waals surface area (Å²) in [6.45, 7) is 4.80. The van der Waals surface area contributed by atoms with Crippen LogP contribution in [0.3, 0.4) is 0 Å². The van der Waals surface area contributed by atoms with Gasteiger partial charge in [0.1, 0.15) is 5.75 Å². The van der Waals surface area contributed by atoms with Crippen molar-refractivity contribution >= 4 is 20.8 Å². The molecule has 1 heterocycles. The summed E-state index contributed by atoms with van der Waals surface area (Å²) in [5, 5.41) is 12.7. The standard InChI is InChI=1S/C21H27N3O5S/c25-24(26)19-7-9-21(10-8-19)30(27,22-11-12-23-13-16-28-17-14-23)18-4-15-29-20-5-2-1-3-6-20/h1-3,5-10,18H,4,11-17H2,(H,22,27). The Labute approximate surface area is 177 Å². The van der Waals surface area contributed by atoms with Gasteiger partial charge in [0.25, 0.3) is 5.69 Å². The van der Waals surface area contributed by atoms with Crippen molar-refractivity contribution in [2.75, 3.05) is 46.0 Å². The minimum atomic E-state index is -2.70. The van der Waals surface area contributed by atoms with Gasteiger partial charge in [-0.25, -0.2) is 8.93 Å². The predicted molar refractivity (Wildman–Crippen MR) is 117 cm³/mol. The molecule has 1 aliphatic heterocycles. The van der Waals surface area contributed by atoms with Crippen LogP contribution in [0, 0.1) is 10.1 Å². The number of ether oxygens (including phenoxy) is 2. The number of nitro groups is 1. The van der Waals surface area contributed by atoms with Gasteiger partial charge < -0.3 is 9.47 Å². The number of nitrogens with one attached hydrogen (secondary N) is 1. The van der Waals surface area contributed by atoms with Crippen LogP contribution in [-0.4, -0.2) is 65.4 Å². The zero-order valence-corrected chi connectivity index (χ0v) is 17.6. The van der Waals surface area contributed by atoms with Crippen LogP contribution in [-0.2, 0) is 14.4 Å². The van der Waals surface area contributed by atoms with Gasteiger partial charge in [-0.1, -0.05) is 18.2 Å². The number of nitrogens with zero attached hydrogens (tertiary/aromatic N) is 2. The molecule has 2 aromatic rings. The van der Waals surface area contributed by atoms with Gasteiger partial charge >= 0.3 is 0 Å². The highest BCUT2D eigenvalue weighted by atomic mass is 32.2. The van der Waals surface area contributed by atoms with E-state index in [1.165, 1.54) is 12.1 Å². The zero-order chi connectivity index (χ0) is 21.2. The first-order valence-electron chi connectivity index (χ1n) is 9.91. The Morgan fingerprint density at radius 2 is 1.83 bits per heavy atom. The van der Waals surface area contributed by atoms with Gasteiger partial charge in [0.05, 0.1) is 34.5 Å². The summed E-state index contributed by atoms with van der Waals surface area (Å²) in [5.74, 6) is 0.757. The van der Waals surface area contributed by atoms with Gasteiger partial charge in [-0.05, 0) is 29.6 Å². The Kier molecular flexibility index (Phi) is 8.21. The quantitative estimate of drug-likeness (QED) is 0.268. The van der Waals surface area contributed by atoms with E-state index in [4.69, 9.17) is 9.47 Å². The number of para-hydroxylation sites is 1. The minimum absolute atomic E-state index is 0.0266. The molecule has 1 aliphatic rings. The Morgan fingerprint density at radius 1 is 1.13 bits per heavy atom.